The van der Waals surface area contributed by atoms with E-state index in [-0.39, 0.29) is 5.91 Å². The zero-order valence-electron chi connectivity index (χ0n) is 10.7. The van der Waals surface area contributed by atoms with Crippen molar-refractivity contribution in [3.63, 3.8) is 0 Å². The molecular weight excluding hydrogens is 258 g/mol. The lowest BCUT2D eigenvalue weighted by molar-refractivity contribution is 0.0949. The Labute approximate surface area is 115 Å². The number of hydrogen-bond donors (Lipinski definition) is 2. The van der Waals surface area contributed by atoms with E-state index in [0.29, 0.717) is 31.0 Å². The molecule has 0 aliphatic rings. The highest BCUT2D eigenvalue weighted by Crippen LogP contribution is 1.99. The lowest BCUT2D eigenvalue weighted by atomic mass is 10.2. The Bertz CT molecular complexity index is 610. The first-order valence-corrected chi connectivity index (χ1v) is 5.98. The van der Waals surface area contributed by atoms with Gasteiger partial charge in [-0.05, 0) is 12.1 Å². The zero-order valence-corrected chi connectivity index (χ0v) is 10.7. The molecular formula is C13H13N5O2. The Hall–Kier alpha value is -2.72. The third kappa shape index (κ3) is 3.90. The Morgan fingerprint density at radius 2 is 2.30 bits per heavy atom. The molecule has 102 valence electrons. The predicted octanol–water partition coefficient (Wildman–Crippen LogP) is -0.253. The molecule has 2 heterocycles. The Kier molecular flexibility index (Phi) is 4.81. The van der Waals surface area contributed by atoms with E-state index >= 15 is 0 Å². The molecule has 0 spiro atoms. The van der Waals surface area contributed by atoms with Crippen LogP contribution in [-0.4, -0.2) is 34.1 Å². The Morgan fingerprint density at radius 1 is 1.40 bits per heavy atom. The van der Waals surface area contributed by atoms with Crippen LogP contribution in [-0.2, 0) is 6.42 Å². The van der Waals surface area contributed by atoms with E-state index in [0.717, 1.165) is 5.56 Å². The Morgan fingerprint density at radius 3 is 2.95 bits per heavy atom. The lowest BCUT2D eigenvalue weighted by Crippen LogP contribution is -2.26. The minimum absolute atomic E-state index is 0.258. The number of hydrogen-bond acceptors (Lipinski definition) is 6. The van der Waals surface area contributed by atoms with E-state index < -0.39 is 0 Å². The molecule has 7 heteroatoms. The van der Waals surface area contributed by atoms with Gasteiger partial charge >= 0.3 is 0 Å². The number of carbonyl (C=O) groups is 1. The number of nitrogens with two attached hydrogens (primary N) is 1. The van der Waals surface area contributed by atoms with Crippen molar-refractivity contribution in [3.05, 3.63) is 41.8 Å². The second-order valence-electron chi connectivity index (χ2n) is 3.79. The molecule has 0 fully saturated rings. The molecule has 20 heavy (non-hydrogen) atoms. The van der Waals surface area contributed by atoms with Gasteiger partial charge < -0.3 is 15.6 Å². The third-order valence-electron chi connectivity index (χ3n) is 2.37. The quantitative estimate of drug-likeness (QED) is 0.742. The number of aromatic nitrogens is 3. The van der Waals surface area contributed by atoms with Gasteiger partial charge in [-0.1, -0.05) is 17.0 Å². The van der Waals surface area contributed by atoms with E-state index in [9.17, 15) is 4.79 Å². The highest BCUT2D eigenvalue weighted by Gasteiger charge is 2.07. The summed E-state index contributed by atoms with van der Waals surface area (Å²) in [6.07, 6.45) is 3.29. The van der Waals surface area contributed by atoms with Gasteiger partial charge in [-0.15, -0.1) is 0 Å². The van der Waals surface area contributed by atoms with Gasteiger partial charge in [-0.2, -0.15) is 4.98 Å². The molecule has 2 rings (SSSR count). The molecule has 0 radical (unpaired) electrons. The molecule has 0 aliphatic carbocycles. The van der Waals surface area contributed by atoms with Crippen LogP contribution in [0.25, 0.3) is 0 Å². The molecule has 0 aliphatic heterocycles. The fraction of sp³-hybridized carbons (Fsp3) is 0.231. The summed E-state index contributed by atoms with van der Waals surface area (Å²) >= 11 is 0. The average Bonchev–Trinajstić information content (AvgIpc) is 2.99. The second kappa shape index (κ2) is 7.01. The van der Waals surface area contributed by atoms with Crippen molar-refractivity contribution in [2.45, 2.75) is 6.42 Å². The number of nitrogens with one attached hydrogen (secondary N) is 1. The highest BCUT2D eigenvalue weighted by atomic mass is 16.5. The molecule has 7 nitrogen and oxygen atoms in total. The van der Waals surface area contributed by atoms with Crippen molar-refractivity contribution in [3.8, 4) is 11.8 Å². The number of amides is 1. The molecule has 0 unspecified atom stereocenters. The molecule has 1 amide bonds. The van der Waals surface area contributed by atoms with E-state index in [1.54, 1.807) is 12.1 Å². The van der Waals surface area contributed by atoms with E-state index in [1.165, 1.54) is 12.6 Å². The fourth-order valence-corrected chi connectivity index (χ4v) is 1.44. The van der Waals surface area contributed by atoms with Crippen molar-refractivity contribution in [2.24, 2.45) is 5.73 Å². The number of rotatable bonds is 4. The van der Waals surface area contributed by atoms with Gasteiger partial charge in [0.1, 0.15) is 5.69 Å². The number of carbonyl (C=O) groups excluding carboxylic acids is 1. The summed E-state index contributed by atoms with van der Waals surface area (Å²) in [5.74, 6) is 5.84. The maximum atomic E-state index is 11.8. The van der Waals surface area contributed by atoms with Crippen LogP contribution in [0.5, 0.6) is 0 Å². The molecule has 0 saturated heterocycles. The SMILES string of the molecule is NCC#Cc1ccc(C(=O)NCCc2ncon2)nc1. The minimum atomic E-state index is -0.258. The van der Waals surface area contributed by atoms with Crippen molar-refractivity contribution in [1.82, 2.24) is 20.4 Å². The van der Waals surface area contributed by atoms with Crippen LogP contribution in [0.15, 0.2) is 29.2 Å². The molecule has 0 saturated carbocycles. The summed E-state index contributed by atoms with van der Waals surface area (Å²) in [6.45, 7) is 0.701. The molecule has 2 aromatic rings. The topological polar surface area (TPSA) is 107 Å². The lowest BCUT2D eigenvalue weighted by Gasteiger charge is -2.02. The summed E-state index contributed by atoms with van der Waals surface area (Å²) in [5, 5.41) is 6.37. The maximum absolute atomic E-state index is 11.8. The van der Waals surface area contributed by atoms with Gasteiger partial charge in [0.25, 0.3) is 5.91 Å². The highest BCUT2D eigenvalue weighted by molar-refractivity contribution is 5.92. The number of nitrogens with zero attached hydrogens (tertiary/aromatic N) is 3. The van der Waals surface area contributed by atoms with E-state index in [4.69, 9.17) is 5.73 Å². The molecule has 2 aromatic heterocycles. The van der Waals surface area contributed by atoms with Crippen LogP contribution in [0.2, 0.25) is 0 Å². The van der Waals surface area contributed by atoms with Crippen molar-refractivity contribution >= 4 is 5.91 Å². The fourth-order valence-electron chi connectivity index (χ4n) is 1.44. The van der Waals surface area contributed by atoms with Gasteiger partial charge in [-0.3, -0.25) is 4.79 Å². The zero-order chi connectivity index (χ0) is 14.2. The van der Waals surface area contributed by atoms with Crippen LogP contribution < -0.4 is 11.1 Å². The van der Waals surface area contributed by atoms with Gasteiger partial charge in [0.2, 0.25) is 6.39 Å². The van der Waals surface area contributed by atoms with Crippen LogP contribution in [0, 0.1) is 11.8 Å². The van der Waals surface area contributed by atoms with Gasteiger partial charge in [0, 0.05) is 24.7 Å². The monoisotopic (exact) mass is 271 g/mol. The summed E-state index contributed by atoms with van der Waals surface area (Å²) in [7, 11) is 0. The minimum Gasteiger partial charge on any atom is -0.350 e. The molecule has 0 aromatic carbocycles. The van der Waals surface area contributed by atoms with E-state index in [1.807, 2.05) is 0 Å². The van der Waals surface area contributed by atoms with Crippen molar-refractivity contribution in [2.75, 3.05) is 13.1 Å². The maximum Gasteiger partial charge on any atom is 0.269 e. The summed E-state index contributed by atoms with van der Waals surface area (Å²) in [5.41, 5.74) is 6.33. The van der Waals surface area contributed by atoms with Crippen LogP contribution in [0.3, 0.4) is 0 Å². The molecule has 3 N–H and O–H groups in total. The summed E-state index contributed by atoms with van der Waals surface area (Å²) in [4.78, 5) is 19.7. The standard InChI is InChI=1S/C13H13N5O2/c14-6-1-2-10-3-4-11(16-8-10)13(19)15-7-5-12-17-9-20-18-12/h3-4,8-9H,5-7,14H2,(H,15,19). The van der Waals surface area contributed by atoms with Gasteiger partial charge in [0.15, 0.2) is 5.82 Å². The average molecular weight is 271 g/mol. The molecule has 0 bridgehead atoms. The number of pyridine rings is 1. The molecule has 0 atom stereocenters. The third-order valence-corrected chi connectivity index (χ3v) is 2.37. The van der Waals surface area contributed by atoms with Crippen molar-refractivity contribution < 1.29 is 9.32 Å². The van der Waals surface area contributed by atoms with Gasteiger partial charge in [-0.25, -0.2) is 4.98 Å². The van der Waals surface area contributed by atoms with Gasteiger partial charge in [0.05, 0.1) is 6.54 Å². The second-order valence-corrected chi connectivity index (χ2v) is 3.79. The van der Waals surface area contributed by atoms with Crippen LogP contribution >= 0.6 is 0 Å². The first kappa shape index (κ1) is 13.7. The largest absolute Gasteiger partial charge is 0.350 e. The van der Waals surface area contributed by atoms with Crippen LogP contribution in [0.4, 0.5) is 0 Å². The normalized spacial score (nSPS) is 9.65. The van der Waals surface area contributed by atoms with E-state index in [2.05, 4.69) is 36.8 Å². The first-order chi connectivity index (χ1) is 9.79. The Balaban J connectivity index is 1.85. The summed E-state index contributed by atoms with van der Waals surface area (Å²) < 4.78 is 4.59. The first-order valence-electron chi connectivity index (χ1n) is 5.98. The predicted molar refractivity (Wildman–Crippen MR) is 70.5 cm³/mol. The smallest absolute Gasteiger partial charge is 0.269 e. The van der Waals surface area contributed by atoms with Crippen LogP contribution in [0.1, 0.15) is 21.9 Å². The summed E-state index contributed by atoms with van der Waals surface area (Å²) in [6, 6.07) is 3.34. The van der Waals surface area contributed by atoms with Crippen molar-refractivity contribution in [1.29, 1.82) is 0 Å².